The fraction of sp³-hybridized carbons (Fsp3) is 0.600. The summed E-state index contributed by atoms with van der Waals surface area (Å²) in [5, 5.41) is 12.0. The van der Waals surface area contributed by atoms with Gasteiger partial charge in [0.1, 0.15) is 12.2 Å². The minimum atomic E-state index is 0.0740. The molecular weight excluding hydrogens is 236 g/mol. The number of hydrogen-bond acceptors (Lipinski definition) is 6. The lowest BCUT2D eigenvalue weighted by Crippen LogP contribution is -2.11. The molecule has 17 heavy (non-hydrogen) atoms. The Morgan fingerprint density at radius 1 is 1.53 bits per heavy atom. The molecule has 7 heteroatoms. The van der Waals surface area contributed by atoms with Crippen molar-refractivity contribution in [1.29, 1.82) is 0 Å². The third-order valence-electron chi connectivity index (χ3n) is 2.42. The molecule has 2 heterocycles. The number of nitrogens with one attached hydrogen (secondary N) is 1. The minimum absolute atomic E-state index is 0.0740. The molecule has 92 valence electrons. The zero-order valence-electron chi connectivity index (χ0n) is 10.2. The summed E-state index contributed by atoms with van der Waals surface area (Å²) in [5.74, 6) is 1.79. The van der Waals surface area contributed by atoms with Crippen molar-refractivity contribution < 1.29 is 0 Å². The van der Waals surface area contributed by atoms with E-state index in [0.29, 0.717) is 0 Å². The fourth-order valence-corrected chi connectivity index (χ4v) is 2.27. The van der Waals surface area contributed by atoms with Crippen molar-refractivity contribution in [2.45, 2.75) is 32.7 Å². The van der Waals surface area contributed by atoms with Gasteiger partial charge in [0.15, 0.2) is 5.82 Å². The normalized spacial score (nSPS) is 12.6. The van der Waals surface area contributed by atoms with Crippen LogP contribution in [-0.2, 0) is 13.5 Å². The van der Waals surface area contributed by atoms with Crippen LogP contribution in [0.2, 0.25) is 0 Å². The van der Waals surface area contributed by atoms with Crippen LogP contribution in [0.15, 0.2) is 6.33 Å². The quantitative estimate of drug-likeness (QED) is 0.878. The highest BCUT2D eigenvalue weighted by Gasteiger charge is 2.13. The van der Waals surface area contributed by atoms with Crippen LogP contribution in [0.5, 0.6) is 0 Å². The van der Waals surface area contributed by atoms with E-state index in [9.17, 15) is 0 Å². The van der Waals surface area contributed by atoms with Crippen LogP contribution in [-0.4, -0.2) is 24.1 Å². The van der Waals surface area contributed by atoms with Gasteiger partial charge in [-0.3, -0.25) is 0 Å². The van der Waals surface area contributed by atoms with Gasteiger partial charge in [0.2, 0.25) is 5.13 Å². The lowest BCUT2D eigenvalue weighted by atomic mass is 10.3. The van der Waals surface area contributed by atoms with Gasteiger partial charge in [-0.2, -0.15) is 4.37 Å². The second-order valence-corrected chi connectivity index (χ2v) is 4.68. The van der Waals surface area contributed by atoms with Crippen molar-refractivity contribution >= 4 is 16.7 Å². The van der Waals surface area contributed by atoms with E-state index in [1.165, 1.54) is 11.5 Å². The van der Waals surface area contributed by atoms with E-state index in [0.717, 1.165) is 29.6 Å². The van der Waals surface area contributed by atoms with Crippen LogP contribution in [0.3, 0.4) is 0 Å². The van der Waals surface area contributed by atoms with Crippen LogP contribution in [0.4, 0.5) is 5.13 Å². The molecule has 2 rings (SSSR count). The van der Waals surface area contributed by atoms with Gasteiger partial charge in [0.05, 0.1) is 6.04 Å². The standard InChI is InChI=1S/C10H16N6S/c1-4-5-8-13-10(17-15-8)12-7(2)9-14-11-6-16(9)3/h6-7H,4-5H2,1-3H3,(H,12,13,15). The van der Waals surface area contributed by atoms with Crippen molar-refractivity contribution in [2.24, 2.45) is 7.05 Å². The molecule has 0 saturated heterocycles. The van der Waals surface area contributed by atoms with Crippen molar-refractivity contribution in [2.75, 3.05) is 5.32 Å². The van der Waals surface area contributed by atoms with E-state index in [4.69, 9.17) is 0 Å². The predicted octanol–water partition coefficient (Wildman–Crippen LogP) is 1.79. The van der Waals surface area contributed by atoms with E-state index in [1.54, 1.807) is 6.33 Å². The van der Waals surface area contributed by atoms with Gasteiger partial charge >= 0.3 is 0 Å². The molecule has 0 spiro atoms. The maximum Gasteiger partial charge on any atom is 0.203 e. The lowest BCUT2D eigenvalue weighted by molar-refractivity contribution is 0.717. The summed E-state index contributed by atoms with van der Waals surface area (Å²) in [7, 11) is 1.93. The molecule has 0 aliphatic heterocycles. The highest BCUT2D eigenvalue weighted by molar-refractivity contribution is 7.09. The van der Waals surface area contributed by atoms with E-state index in [2.05, 4.69) is 31.8 Å². The van der Waals surface area contributed by atoms with Crippen molar-refractivity contribution in [3.05, 3.63) is 18.0 Å². The summed E-state index contributed by atoms with van der Waals surface area (Å²) in [5.41, 5.74) is 0. The topological polar surface area (TPSA) is 68.5 Å². The number of aromatic nitrogens is 5. The highest BCUT2D eigenvalue weighted by atomic mass is 32.1. The van der Waals surface area contributed by atoms with E-state index in [1.807, 2.05) is 18.5 Å². The summed E-state index contributed by atoms with van der Waals surface area (Å²) in [6.07, 6.45) is 3.68. The number of aryl methyl sites for hydroxylation is 2. The summed E-state index contributed by atoms with van der Waals surface area (Å²) < 4.78 is 6.18. The smallest absolute Gasteiger partial charge is 0.203 e. The second kappa shape index (κ2) is 5.22. The van der Waals surface area contributed by atoms with Gasteiger partial charge in [0.25, 0.3) is 0 Å². The van der Waals surface area contributed by atoms with Crippen molar-refractivity contribution in [3.63, 3.8) is 0 Å². The molecule has 1 atom stereocenters. The SMILES string of the molecule is CCCc1nsc(NC(C)c2nncn2C)n1. The second-order valence-electron chi connectivity index (χ2n) is 3.93. The molecule has 0 amide bonds. The van der Waals surface area contributed by atoms with Crippen molar-refractivity contribution in [3.8, 4) is 0 Å². The predicted molar refractivity (Wildman–Crippen MR) is 66.9 cm³/mol. The molecule has 1 N–H and O–H groups in total. The number of rotatable bonds is 5. The highest BCUT2D eigenvalue weighted by Crippen LogP contribution is 2.19. The minimum Gasteiger partial charge on any atom is -0.351 e. The molecule has 0 aliphatic rings. The molecule has 0 radical (unpaired) electrons. The maximum atomic E-state index is 4.42. The molecule has 1 unspecified atom stereocenters. The Morgan fingerprint density at radius 2 is 2.35 bits per heavy atom. The summed E-state index contributed by atoms with van der Waals surface area (Å²) in [6, 6.07) is 0.0740. The zero-order valence-corrected chi connectivity index (χ0v) is 11.0. The van der Waals surface area contributed by atoms with Gasteiger partial charge in [-0.25, -0.2) is 4.98 Å². The lowest BCUT2D eigenvalue weighted by Gasteiger charge is -2.10. The Hall–Kier alpha value is -1.50. The summed E-state index contributed by atoms with van der Waals surface area (Å²) >= 11 is 1.39. The van der Waals surface area contributed by atoms with E-state index in [-0.39, 0.29) is 6.04 Å². The first-order valence-corrected chi connectivity index (χ1v) is 6.41. The van der Waals surface area contributed by atoms with Crippen LogP contribution in [0.25, 0.3) is 0 Å². The fourth-order valence-electron chi connectivity index (χ4n) is 1.57. The molecular formula is C10H16N6S. The molecule has 2 aromatic rings. The Labute approximate surface area is 104 Å². The van der Waals surface area contributed by atoms with Gasteiger partial charge < -0.3 is 9.88 Å². The molecule has 6 nitrogen and oxygen atoms in total. The molecule has 0 fully saturated rings. The van der Waals surface area contributed by atoms with Crippen LogP contribution in [0, 0.1) is 0 Å². The third kappa shape index (κ3) is 2.79. The summed E-state index contributed by atoms with van der Waals surface area (Å²) in [4.78, 5) is 4.42. The maximum absolute atomic E-state index is 4.42. The average molecular weight is 252 g/mol. The summed E-state index contributed by atoms with van der Waals surface area (Å²) in [6.45, 7) is 4.15. The molecule has 0 saturated carbocycles. The monoisotopic (exact) mass is 252 g/mol. The van der Waals surface area contributed by atoms with Gasteiger partial charge in [-0.1, -0.05) is 6.92 Å². The molecule has 0 aromatic carbocycles. The number of nitrogens with zero attached hydrogens (tertiary/aromatic N) is 5. The zero-order chi connectivity index (χ0) is 12.3. The molecule has 0 aliphatic carbocycles. The Morgan fingerprint density at radius 3 is 3.00 bits per heavy atom. The number of hydrogen-bond donors (Lipinski definition) is 1. The average Bonchev–Trinajstić information content (AvgIpc) is 2.88. The van der Waals surface area contributed by atoms with Crippen LogP contribution < -0.4 is 5.32 Å². The van der Waals surface area contributed by atoms with Gasteiger partial charge in [-0.05, 0) is 13.3 Å². The molecule has 0 bridgehead atoms. The van der Waals surface area contributed by atoms with Gasteiger partial charge in [-0.15, -0.1) is 10.2 Å². The Balaban J connectivity index is 2.02. The Kier molecular flexibility index (Phi) is 3.68. The van der Waals surface area contributed by atoms with Gasteiger partial charge in [0, 0.05) is 25.0 Å². The Bertz CT molecular complexity index is 477. The first-order chi connectivity index (χ1) is 8.20. The van der Waals surface area contributed by atoms with E-state index < -0.39 is 0 Å². The van der Waals surface area contributed by atoms with Crippen LogP contribution in [0.1, 0.15) is 38.0 Å². The van der Waals surface area contributed by atoms with Crippen molar-refractivity contribution in [1.82, 2.24) is 24.1 Å². The largest absolute Gasteiger partial charge is 0.351 e. The first-order valence-electron chi connectivity index (χ1n) is 5.63. The third-order valence-corrected chi connectivity index (χ3v) is 3.10. The first kappa shape index (κ1) is 12.0. The molecule has 2 aromatic heterocycles. The number of anilines is 1. The van der Waals surface area contributed by atoms with E-state index >= 15 is 0 Å². The van der Waals surface area contributed by atoms with Crippen LogP contribution >= 0.6 is 11.5 Å².